The number of hydrogen-bond donors (Lipinski definition) is 0. The zero-order valence-corrected chi connectivity index (χ0v) is 16.6. The molecule has 1 unspecified atom stereocenters. The summed E-state index contributed by atoms with van der Waals surface area (Å²) in [6.45, 7) is 3.11. The van der Waals surface area contributed by atoms with Gasteiger partial charge in [0.15, 0.2) is 5.78 Å². The molecule has 5 nitrogen and oxygen atoms in total. The lowest BCUT2D eigenvalue weighted by Crippen LogP contribution is -2.32. The van der Waals surface area contributed by atoms with E-state index in [2.05, 4.69) is 0 Å². The first kappa shape index (κ1) is 20.1. The SMILES string of the molecule is CCCN1C[C@@H](C(=O)c2ccccc2)[C@H](C(OC)c2ccc(OC)cc2)C1=O. The highest BCUT2D eigenvalue weighted by molar-refractivity contribution is 6.02. The van der Waals surface area contributed by atoms with Crippen LogP contribution < -0.4 is 4.74 Å². The zero-order valence-electron chi connectivity index (χ0n) is 16.6. The Hall–Kier alpha value is -2.66. The molecule has 1 aliphatic heterocycles. The van der Waals surface area contributed by atoms with Gasteiger partial charge in [-0.05, 0) is 24.1 Å². The maximum absolute atomic E-state index is 13.3. The first-order valence-electron chi connectivity index (χ1n) is 9.65. The molecule has 2 aromatic carbocycles. The molecule has 5 heteroatoms. The van der Waals surface area contributed by atoms with Crippen LogP contribution in [0, 0.1) is 11.8 Å². The molecule has 28 heavy (non-hydrogen) atoms. The molecule has 0 aromatic heterocycles. The van der Waals surface area contributed by atoms with Crippen molar-refractivity contribution in [1.82, 2.24) is 4.90 Å². The van der Waals surface area contributed by atoms with E-state index in [-0.39, 0.29) is 11.7 Å². The van der Waals surface area contributed by atoms with Gasteiger partial charge in [-0.2, -0.15) is 0 Å². The van der Waals surface area contributed by atoms with Crippen molar-refractivity contribution in [3.63, 3.8) is 0 Å². The number of Topliss-reactive ketones (excluding diaryl/α,β-unsaturated/α-hetero) is 1. The Kier molecular flexibility index (Phi) is 6.47. The van der Waals surface area contributed by atoms with Crippen molar-refractivity contribution in [1.29, 1.82) is 0 Å². The second kappa shape index (κ2) is 9.02. The molecule has 0 saturated carbocycles. The second-order valence-electron chi connectivity index (χ2n) is 7.08. The average molecular weight is 381 g/mol. The normalized spacial score (nSPS) is 20.2. The van der Waals surface area contributed by atoms with Crippen molar-refractivity contribution in [2.24, 2.45) is 11.8 Å². The van der Waals surface area contributed by atoms with Gasteiger partial charge in [-0.25, -0.2) is 0 Å². The van der Waals surface area contributed by atoms with E-state index in [0.29, 0.717) is 18.7 Å². The fraction of sp³-hybridized carbons (Fsp3) is 0.391. The van der Waals surface area contributed by atoms with E-state index < -0.39 is 17.9 Å². The molecule has 0 spiro atoms. The van der Waals surface area contributed by atoms with E-state index in [1.54, 1.807) is 19.1 Å². The molecule has 1 amide bonds. The number of likely N-dealkylation sites (tertiary alicyclic amines) is 1. The van der Waals surface area contributed by atoms with Crippen LogP contribution in [0.3, 0.4) is 0 Å². The van der Waals surface area contributed by atoms with Crippen LogP contribution >= 0.6 is 0 Å². The quantitative estimate of drug-likeness (QED) is 0.654. The van der Waals surface area contributed by atoms with E-state index in [0.717, 1.165) is 17.7 Å². The van der Waals surface area contributed by atoms with Crippen LogP contribution in [0.15, 0.2) is 54.6 Å². The van der Waals surface area contributed by atoms with Crippen molar-refractivity contribution in [2.45, 2.75) is 19.4 Å². The molecule has 0 aliphatic carbocycles. The summed E-state index contributed by atoms with van der Waals surface area (Å²) in [5.41, 5.74) is 1.50. The molecule has 1 fully saturated rings. The molecule has 0 radical (unpaired) electrons. The molecular formula is C23H27NO4. The summed E-state index contributed by atoms with van der Waals surface area (Å²) in [6.07, 6.45) is 0.364. The molecule has 3 atom stereocenters. The number of carbonyl (C=O) groups excluding carboxylic acids is 2. The van der Waals surface area contributed by atoms with Gasteiger partial charge in [0.05, 0.1) is 25.0 Å². The lowest BCUT2D eigenvalue weighted by atomic mass is 9.82. The minimum atomic E-state index is -0.544. The Morgan fingerprint density at radius 1 is 1.11 bits per heavy atom. The Morgan fingerprint density at radius 3 is 2.36 bits per heavy atom. The number of ether oxygens (including phenoxy) is 2. The third-order valence-electron chi connectivity index (χ3n) is 5.36. The van der Waals surface area contributed by atoms with Crippen LogP contribution in [0.4, 0.5) is 0 Å². The fourth-order valence-corrected chi connectivity index (χ4v) is 3.98. The van der Waals surface area contributed by atoms with Gasteiger partial charge in [-0.15, -0.1) is 0 Å². The Labute approximate surface area is 166 Å². The van der Waals surface area contributed by atoms with E-state index in [1.807, 2.05) is 61.5 Å². The summed E-state index contributed by atoms with van der Waals surface area (Å²) in [4.78, 5) is 28.3. The lowest BCUT2D eigenvalue weighted by Gasteiger charge is -2.25. The highest BCUT2D eigenvalue weighted by Gasteiger charge is 2.48. The van der Waals surface area contributed by atoms with Crippen molar-refractivity contribution in [2.75, 3.05) is 27.3 Å². The first-order chi connectivity index (χ1) is 13.6. The largest absolute Gasteiger partial charge is 0.497 e. The molecule has 1 aliphatic rings. The second-order valence-corrected chi connectivity index (χ2v) is 7.08. The van der Waals surface area contributed by atoms with Crippen LogP contribution in [0.2, 0.25) is 0 Å². The van der Waals surface area contributed by atoms with Crippen LogP contribution in [0.25, 0.3) is 0 Å². The van der Waals surface area contributed by atoms with E-state index in [1.165, 1.54) is 0 Å². The third-order valence-corrected chi connectivity index (χ3v) is 5.36. The molecule has 1 saturated heterocycles. The predicted octanol–water partition coefficient (Wildman–Crippen LogP) is 3.75. The monoisotopic (exact) mass is 381 g/mol. The van der Waals surface area contributed by atoms with Gasteiger partial charge in [-0.3, -0.25) is 9.59 Å². The van der Waals surface area contributed by atoms with Crippen molar-refractivity contribution in [3.05, 3.63) is 65.7 Å². The van der Waals surface area contributed by atoms with Gasteiger partial charge >= 0.3 is 0 Å². The smallest absolute Gasteiger partial charge is 0.229 e. The number of amides is 1. The Morgan fingerprint density at radius 2 is 1.79 bits per heavy atom. The summed E-state index contributed by atoms with van der Waals surface area (Å²) >= 11 is 0. The van der Waals surface area contributed by atoms with Crippen LogP contribution in [-0.2, 0) is 9.53 Å². The summed E-state index contributed by atoms with van der Waals surface area (Å²) in [5.74, 6) is -0.265. The van der Waals surface area contributed by atoms with Crippen LogP contribution in [0.1, 0.15) is 35.4 Å². The number of carbonyl (C=O) groups is 2. The minimum Gasteiger partial charge on any atom is -0.497 e. The Bertz CT molecular complexity index is 803. The molecule has 148 valence electrons. The summed E-state index contributed by atoms with van der Waals surface area (Å²) in [6, 6.07) is 16.7. The fourth-order valence-electron chi connectivity index (χ4n) is 3.98. The summed E-state index contributed by atoms with van der Waals surface area (Å²) in [7, 11) is 3.20. The van der Waals surface area contributed by atoms with E-state index in [4.69, 9.17) is 9.47 Å². The predicted molar refractivity (Wildman–Crippen MR) is 107 cm³/mol. The van der Waals surface area contributed by atoms with Crippen LogP contribution in [-0.4, -0.2) is 43.9 Å². The number of benzene rings is 2. The molecule has 2 aromatic rings. The third kappa shape index (κ3) is 3.94. The maximum atomic E-state index is 13.3. The van der Waals surface area contributed by atoms with Gasteiger partial charge in [-0.1, -0.05) is 49.4 Å². The van der Waals surface area contributed by atoms with E-state index >= 15 is 0 Å². The Balaban J connectivity index is 1.96. The maximum Gasteiger partial charge on any atom is 0.229 e. The molecule has 3 rings (SSSR count). The molecule has 0 N–H and O–H groups in total. The highest BCUT2D eigenvalue weighted by atomic mass is 16.5. The van der Waals surface area contributed by atoms with Gasteiger partial charge < -0.3 is 14.4 Å². The standard InChI is InChI=1S/C23H27NO4/c1-4-14-24-15-19(21(25)16-8-6-5-7-9-16)20(23(24)26)22(28-3)17-10-12-18(27-2)13-11-17/h5-13,19-20,22H,4,14-15H2,1-3H3/t19-,20-,22?/m1/s1. The van der Waals surface area contributed by atoms with Gasteiger partial charge in [0.2, 0.25) is 5.91 Å². The summed E-state index contributed by atoms with van der Waals surface area (Å²) in [5, 5.41) is 0. The highest BCUT2D eigenvalue weighted by Crippen LogP contribution is 2.39. The number of methoxy groups -OCH3 is 2. The van der Waals surface area contributed by atoms with Gasteiger partial charge in [0.25, 0.3) is 0 Å². The van der Waals surface area contributed by atoms with E-state index in [9.17, 15) is 9.59 Å². The lowest BCUT2D eigenvalue weighted by molar-refractivity contribution is -0.135. The zero-order chi connectivity index (χ0) is 20.1. The van der Waals surface area contributed by atoms with Crippen molar-refractivity contribution in [3.8, 4) is 5.75 Å². The number of hydrogen-bond acceptors (Lipinski definition) is 4. The number of ketones is 1. The average Bonchev–Trinajstić information content (AvgIpc) is 3.06. The number of nitrogens with zero attached hydrogens (tertiary/aromatic N) is 1. The molecule has 0 bridgehead atoms. The van der Waals surface area contributed by atoms with Gasteiger partial charge in [0.1, 0.15) is 5.75 Å². The summed E-state index contributed by atoms with van der Waals surface area (Å²) < 4.78 is 11.0. The molecular weight excluding hydrogens is 354 g/mol. The molecule has 1 heterocycles. The van der Waals surface area contributed by atoms with Gasteiger partial charge in [0, 0.05) is 25.8 Å². The minimum absolute atomic E-state index is 0.00638. The van der Waals surface area contributed by atoms with Crippen LogP contribution in [0.5, 0.6) is 5.75 Å². The topological polar surface area (TPSA) is 55.8 Å². The van der Waals surface area contributed by atoms with Crippen molar-refractivity contribution >= 4 is 11.7 Å². The first-order valence-corrected chi connectivity index (χ1v) is 9.65. The van der Waals surface area contributed by atoms with Crippen molar-refractivity contribution < 1.29 is 19.1 Å². The number of rotatable bonds is 8.